The highest BCUT2D eigenvalue weighted by Crippen LogP contribution is 2.23. The molecule has 6 nitrogen and oxygen atoms in total. The molecule has 0 aliphatic rings. The van der Waals surface area contributed by atoms with Crippen LogP contribution in [0.5, 0.6) is 0 Å². The van der Waals surface area contributed by atoms with Crippen LogP contribution in [0, 0.1) is 5.82 Å². The van der Waals surface area contributed by atoms with Crippen molar-refractivity contribution in [2.24, 2.45) is 0 Å². The fourth-order valence-corrected chi connectivity index (χ4v) is 4.03. The molecule has 0 bridgehead atoms. The molecule has 5 aromatic rings. The van der Waals surface area contributed by atoms with E-state index < -0.39 is 5.82 Å². The van der Waals surface area contributed by atoms with Crippen molar-refractivity contribution < 1.29 is 14.0 Å². The summed E-state index contributed by atoms with van der Waals surface area (Å²) in [6.07, 6.45) is 1.72. The van der Waals surface area contributed by atoms with Crippen LogP contribution in [0.4, 0.5) is 15.8 Å². The van der Waals surface area contributed by atoms with E-state index in [-0.39, 0.29) is 11.8 Å². The van der Waals surface area contributed by atoms with Crippen LogP contribution >= 0.6 is 11.3 Å². The number of nitrogens with one attached hydrogen (secondary N) is 2. The zero-order valence-corrected chi connectivity index (χ0v) is 18.0. The fourth-order valence-electron chi connectivity index (χ4n) is 3.41. The lowest BCUT2D eigenvalue weighted by molar-refractivity contribution is 0.102. The highest BCUT2D eigenvalue weighted by atomic mass is 32.1. The van der Waals surface area contributed by atoms with Crippen LogP contribution in [0.15, 0.2) is 90.4 Å². The molecule has 0 unspecified atom stereocenters. The summed E-state index contributed by atoms with van der Waals surface area (Å²) in [5.41, 5.74) is 3.38. The monoisotopic (exact) mass is 456 g/mol. The number of hydrogen-bond acceptors (Lipinski definition) is 4. The predicted octanol–water partition coefficient (Wildman–Crippen LogP) is 5.73. The molecule has 2 amide bonds. The molecule has 3 aromatic carbocycles. The Morgan fingerprint density at radius 2 is 1.58 bits per heavy atom. The van der Waals surface area contributed by atoms with Gasteiger partial charge >= 0.3 is 0 Å². The van der Waals surface area contributed by atoms with Gasteiger partial charge in [0.2, 0.25) is 0 Å². The summed E-state index contributed by atoms with van der Waals surface area (Å²) in [6, 6.07) is 21.9. The molecule has 5 rings (SSSR count). The minimum Gasteiger partial charge on any atom is -0.322 e. The molecule has 2 heterocycles. The van der Waals surface area contributed by atoms with E-state index in [1.54, 1.807) is 23.0 Å². The van der Waals surface area contributed by atoms with Gasteiger partial charge in [0.05, 0.1) is 22.3 Å². The van der Waals surface area contributed by atoms with Gasteiger partial charge in [0.1, 0.15) is 5.82 Å². The molecule has 0 saturated carbocycles. The summed E-state index contributed by atoms with van der Waals surface area (Å²) < 4.78 is 14.9. The quantitative estimate of drug-likeness (QED) is 0.355. The molecule has 0 radical (unpaired) electrons. The molecule has 0 atom stereocenters. The van der Waals surface area contributed by atoms with Crippen molar-refractivity contribution >= 4 is 45.4 Å². The number of fused-ring (bicyclic) bond motifs is 1. The number of anilines is 2. The van der Waals surface area contributed by atoms with Gasteiger partial charge in [-0.2, -0.15) is 5.10 Å². The van der Waals surface area contributed by atoms with Gasteiger partial charge < -0.3 is 10.6 Å². The predicted molar refractivity (Wildman–Crippen MR) is 128 cm³/mol. The number of nitrogens with zero attached hydrogens (tertiary/aromatic N) is 2. The Bertz CT molecular complexity index is 1440. The second-order valence-corrected chi connectivity index (χ2v) is 8.22. The summed E-state index contributed by atoms with van der Waals surface area (Å²) in [6.45, 7) is 0. The van der Waals surface area contributed by atoms with Gasteiger partial charge in [0.15, 0.2) is 0 Å². The van der Waals surface area contributed by atoms with Crippen molar-refractivity contribution in [3.8, 4) is 5.69 Å². The number of rotatable bonds is 5. The van der Waals surface area contributed by atoms with E-state index in [1.165, 1.54) is 35.6 Å². The second kappa shape index (κ2) is 8.68. The highest BCUT2D eigenvalue weighted by Gasteiger charge is 2.11. The Morgan fingerprint density at radius 1 is 0.848 bits per heavy atom. The SMILES string of the molecule is O=C(Nc1ccc2c(cnn2-c2ccc(NC(=O)c3cccs3)cc2)c1)c1ccc(F)cc1. The standard InChI is InChI=1S/C25H17FN4O2S/c26-18-5-3-16(4-6-18)24(31)29-20-9-12-22-17(14-20)15-27-30(22)21-10-7-19(8-11-21)28-25(32)23-2-1-13-33-23/h1-15H,(H,28,32)(H,29,31). The van der Waals surface area contributed by atoms with Crippen molar-refractivity contribution in [2.45, 2.75) is 0 Å². The molecular formula is C25H17FN4O2S. The lowest BCUT2D eigenvalue weighted by Gasteiger charge is -2.08. The smallest absolute Gasteiger partial charge is 0.265 e. The summed E-state index contributed by atoms with van der Waals surface area (Å²) in [5, 5.41) is 12.9. The zero-order chi connectivity index (χ0) is 22.8. The molecule has 0 aliphatic carbocycles. The zero-order valence-electron chi connectivity index (χ0n) is 17.2. The van der Waals surface area contributed by atoms with Gasteiger partial charge in [-0.3, -0.25) is 9.59 Å². The van der Waals surface area contributed by atoms with Gasteiger partial charge in [-0.15, -0.1) is 11.3 Å². The fraction of sp³-hybridized carbons (Fsp3) is 0. The third-order valence-corrected chi connectivity index (χ3v) is 5.92. The first-order valence-corrected chi connectivity index (χ1v) is 10.9. The van der Waals surface area contributed by atoms with Crippen LogP contribution in [-0.2, 0) is 0 Å². The Balaban J connectivity index is 1.32. The Morgan fingerprint density at radius 3 is 2.30 bits per heavy atom. The third kappa shape index (κ3) is 4.37. The van der Waals surface area contributed by atoms with Crippen molar-refractivity contribution in [1.29, 1.82) is 0 Å². The molecule has 0 aliphatic heterocycles. The average Bonchev–Trinajstić information content (AvgIpc) is 3.50. The van der Waals surface area contributed by atoms with Crippen molar-refractivity contribution in [2.75, 3.05) is 10.6 Å². The summed E-state index contributed by atoms with van der Waals surface area (Å²) in [5.74, 6) is -0.849. The molecule has 0 saturated heterocycles. The van der Waals surface area contributed by atoms with Gasteiger partial charge in [-0.05, 0) is 78.2 Å². The van der Waals surface area contributed by atoms with Gasteiger partial charge in [0, 0.05) is 22.3 Å². The number of benzene rings is 3. The number of aromatic nitrogens is 2. The Labute approximate surface area is 192 Å². The number of carbonyl (C=O) groups is 2. The van der Waals surface area contributed by atoms with E-state index in [0.717, 1.165) is 16.6 Å². The van der Waals surface area contributed by atoms with Crippen LogP contribution in [0.3, 0.4) is 0 Å². The maximum atomic E-state index is 13.1. The highest BCUT2D eigenvalue weighted by molar-refractivity contribution is 7.12. The van der Waals surface area contributed by atoms with Crippen LogP contribution in [0.1, 0.15) is 20.0 Å². The molecule has 8 heteroatoms. The lowest BCUT2D eigenvalue weighted by Crippen LogP contribution is -2.11. The molecular weight excluding hydrogens is 439 g/mol. The van der Waals surface area contributed by atoms with Crippen LogP contribution in [0.25, 0.3) is 16.6 Å². The number of thiophene rings is 1. The normalized spacial score (nSPS) is 10.8. The van der Waals surface area contributed by atoms with E-state index in [2.05, 4.69) is 15.7 Å². The van der Waals surface area contributed by atoms with Crippen molar-refractivity contribution in [1.82, 2.24) is 9.78 Å². The van der Waals surface area contributed by atoms with Crippen LogP contribution < -0.4 is 10.6 Å². The Hall–Kier alpha value is -4.30. The topological polar surface area (TPSA) is 76.0 Å². The molecule has 0 spiro atoms. The van der Waals surface area contributed by atoms with Gasteiger partial charge in [-0.25, -0.2) is 9.07 Å². The molecule has 0 fully saturated rings. The molecule has 2 N–H and O–H groups in total. The van der Waals surface area contributed by atoms with E-state index in [9.17, 15) is 14.0 Å². The summed E-state index contributed by atoms with van der Waals surface area (Å²) >= 11 is 1.39. The molecule has 162 valence electrons. The van der Waals surface area contributed by atoms with E-state index in [4.69, 9.17) is 0 Å². The third-order valence-electron chi connectivity index (χ3n) is 5.05. The lowest BCUT2D eigenvalue weighted by atomic mass is 10.2. The molecule has 2 aromatic heterocycles. The maximum Gasteiger partial charge on any atom is 0.265 e. The molecule has 33 heavy (non-hydrogen) atoms. The number of halogens is 1. The summed E-state index contributed by atoms with van der Waals surface area (Å²) in [7, 11) is 0. The van der Waals surface area contributed by atoms with Crippen LogP contribution in [0.2, 0.25) is 0 Å². The number of amides is 2. The van der Waals surface area contributed by atoms with Crippen molar-refractivity contribution in [3.63, 3.8) is 0 Å². The largest absolute Gasteiger partial charge is 0.322 e. The van der Waals surface area contributed by atoms with E-state index in [0.29, 0.717) is 21.8 Å². The maximum absolute atomic E-state index is 13.1. The average molecular weight is 457 g/mol. The Kier molecular flexibility index (Phi) is 5.42. The van der Waals surface area contributed by atoms with Gasteiger partial charge in [-0.1, -0.05) is 6.07 Å². The minimum atomic E-state index is -0.390. The first-order chi connectivity index (χ1) is 16.1. The second-order valence-electron chi connectivity index (χ2n) is 7.27. The minimum absolute atomic E-state index is 0.141. The first-order valence-electron chi connectivity index (χ1n) is 10.1. The summed E-state index contributed by atoms with van der Waals surface area (Å²) in [4.78, 5) is 25.3. The van der Waals surface area contributed by atoms with Crippen molar-refractivity contribution in [3.05, 3.63) is 107 Å². The van der Waals surface area contributed by atoms with Crippen LogP contribution in [-0.4, -0.2) is 21.6 Å². The number of carbonyl (C=O) groups excluding carboxylic acids is 2. The first kappa shape index (κ1) is 20.6. The van der Waals surface area contributed by atoms with E-state index in [1.807, 2.05) is 47.8 Å². The van der Waals surface area contributed by atoms with E-state index >= 15 is 0 Å². The van der Waals surface area contributed by atoms with Gasteiger partial charge in [0.25, 0.3) is 11.8 Å². The number of hydrogen-bond donors (Lipinski definition) is 2.